The summed E-state index contributed by atoms with van der Waals surface area (Å²) >= 11 is 6.04. The van der Waals surface area contributed by atoms with E-state index in [1.807, 2.05) is 6.07 Å². The van der Waals surface area contributed by atoms with E-state index in [0.717, 1.165) is 0 Å². The molecule has 1 aromatic carbocycles. The van der Waals surface area contributed by atoms with Gasteiger partial charge in [-0.3, -0.25) is 0 Å². The molecule has 1 heterocycles. The molecule has 0 saturated heterocycles. The van der Waals surface area contributed by atoms with Crippen molar-refractivity contribution in [2.75, 3.05) is 7.05 Å². The summed E-state index contributed by atoms with van der Waals surface area (Å²) in [6.45, 7) is 0. The molecule has 84 valence electrons. The summed E-state index contributed by atoms with van der Waals surface area (Å²) in [5, 5.41) is 3.56. The smallest absolute Gasteiger partial charge is 0.125 e. The van der Waals surface area contributed by atoms with Crippen molar-refractivity contribution in [2.24, 2.45) is 0 Å². The van der Waals surface area contributed by atoms with Gasteiger partial charge in [0.2, 0.25) is 0 Å². The second-order valence-electron chi connectivity index (χ2n) is 3.40. The fourth-order valence-electron chi connectivity index (χ4n) is 1.64. The lowest BCUT2D eigenvalue weighted by Gasteiger charge is -2.15. The normalized spacial score (nSPS) is 12.7. The molecule has 0 aliphatic carbocycles. The zero-order valence-electron chi connectivity index (χ0n) is 8.71. The molecule has 2 aromatic rings. The Hall–Kier alpha value is -1.32. The minimum Gasteiger partial charge on any atom is -0.467 e. The Balaban J connectivity index is 2.44. The van der Waals surface area contributed by atoms with Gasteiger partial charge in [0, 0.05) is 5.02 Å². The molecule has 2 rings (SSSR count). The molecule has 1 aromatic heterocycles. The zero-order valence-corrected chi connectivity index (χ0v) is 9.46. The maximum atomic E-state index is 13.2. The molecule has 0 aliphatic heterocycles. The predicted molar refractivity (Wildman–Crippen MR) is 61.0 cm³/mol. The lowest BCUT2D eigenvalue weighted by molar-refractivity contribution is 0.462. The van der Waals surface area contributed by atoms with Crippen LogP contribution in [0.25, 0.3) is 0 Å². The van der Waals surface area contributed by atoms with E-state index in [-0.39, 0.29) is 11.9 Å². The first-order valence-electron chi connectivity index (χ1n) is 4.88. The molecule has 2 nitrogen and oxygen atoms in total. The highest BCUT2D eigenvalue weighted by Crippen LogP contribution is 2.28. The summed E-state index contributed by atoms with van der Waals surface area (Å²) in [5.74, 6) is 0.390. The van der Waals surface area contributed by atoms with Gasteiger partial charge in [-0.05, 0) is 42.9 Å². The van der Waals surface area contributed by atoms with Crippen molar-refractivity contribution in [3.63, 3.8) is 0 Å². The SMILES string of the molecule is CNC(c1ccco1)c1cc(F)ccc1Cl. The highest BCUT2D eigenvalue weighted by molar-refractivity contribution is 6.31. The monoisotopic (exact) mass is 239 g/mol. The van der Waals surface area contributed by atoms with Gasteiger partial charge >= 0.3 is 0 Å². The lowest BCUT2D eigenvalue weighted by atomic mass is 10.0. The van der Waals surface area contributed by atoms with Crippen LogP contribution in [-0.2, 0) is 0 Å². The molecule has 4 heteroatoms. The van der Waals surface area contributed by atoms with Gasteiger partial charge in [0.15, 0.2) is 0 Å². The number of benzene rings is 1. The number of nitrogens with one attached hydrogen (secondary N) is 1. The van der Waals surface area contributed by atoms with Crippen LogP contribution in [0.15, 0.2) is 41.0 Å². The fraction of sp³-hybridized carbons (Fsp3) is 0.167. The van der Waals surface area contributed by atoms with Gasteiger partial charge in [0.25, 0.3) is 0 Å². The Bertz CT molecular complexity index is 470. The Morgan fingerprint density at radius 1 is 1.38 bits per heavy atom. The van der Waals surface area contributed by atoms with Crippen molar-refractivity contribution >= 4 is 11.6 Å². The van der Waals surface area contributed by atoms with Crippen molar-refractivity contribution in [2.45, 2.75) is 6.04 Å². The third-order valence-corrected chi connectivity index (χ3v) is 2.73. The van der Waals surface area contributed by atoms with Crippen molar-refractivity contribution in [1.82, 2.24) is 5.32 Å². The first-order chi connectivity index (χ1) is 7.72. The van der Waals surface area contributed by atoms with Crippen LogP contribution in [0, 0.1) is 5.82 Å². The molecule has 0 saturated carbocycles. The lowest BCUT2D eigenvalue weighted by Crippen LogP contribution is -2.17. The van der Waals surface area contributed by atoms with Gasteiger partial charge in [-0.2, -0.15) is 0 Å². The van der Waals surface area contributed by atoms with Crippen LogP contribution in [0.2, 0.25) is 5.02 Å². The summed E-state index contributed by atoms with van der Waals surface area (Å²) in [5.41, 5.74) is 0.666. The third-order valence-electron chi connectivity index (χ3n) is 2.39. The Morgan fingerprint density at radius 2 is 2.19 bits per heavy atom. The maximum Gasteiger partial charge on any atom is 0.125 e. The minimum atomic E-state index is -0.314. The minimum absolute atomic E-state index is 0.238. The molecule has 0 fully saturated rings. The molecule has 0 amide bonds. The summed E-state index contributed by atoms with van der Waals surface area (Å²) in [7, 11) is 1.77. The number of furan rings is 1. The number of hydrogen-bond acceptors (Lipinski definition) is 2. The van der Waals surface area contributed by atoms with Gasteiger partial charge < -0.3 is 9.73 Å². The molecule has 1 N–H and O–H groups in total. The molecular weight excluding hydrogens is 229 g/mol. The van der Waals surface area contributed by atoms with E-state index < -0.39 is 0 Å². The Labute approximate surface area is 98.0 Å². The van der Waals surface area contributed by atoms with Gasteiger partial charge in [-0.1, -0.05) is 11.6 Å². The molecule has 1 atom stereocenters. The van der Waals surface area contributed by atoms with E-state index in [9.17, 15) is 4.39 Å². The molecule has 0 aliphatic rings. The van der Waals surface area contributed by atoms with Gasteiger partial charge in [0.1, 0.15) is 11.6 Å². The van der Waals surface area contributed by atoms with Crippen molar-refractivity contribution in [1.29, 1.82) is 0 Å². The largest absolute Gasteiger partial charge is 0.467 e. The van der Waals surface area contributed by atoms with Crippen LogP contribution in [-0.4, -0.2) is 7.05 Å². The summed E-state index contributed by atoms with van der Waals surface area (Å²) in [6.07, 6.45) is 1.58. The van der Waals surface area contributed by atoms with E-state index in [0.29, 0.717) is 16.3 Å². The van der Waals surface area contributed by atoms with E-state index in [4.69, 9.17) is 16.0 Å². The van der Waals surface area contributed by atoms with Crippen LogP contribution in [0.3, 0.4) is 0 Å². The molecular formula is C12H11ClFNO. The van der Waals surface area contributed by atoms with Crippen LogP contribution in [0.5, 0.6) is 0 Å². The quantitative estimate of drug-likeness (QED) is 0.888. The highest BCUT2D eigenvalue weighted by Gasteiger charge is 2.18. The van der Waals surface area contributed by atoms with Gasteiger partial charge in [0.05, 0.1) is 12.3 Å². The van der Waals surface area contributed by atoms with Crippen LogP contribution in [0.1, 0.15) is 17.4 Å². The second kappa shape index (κ2) is 4.68. The number of halogens is 2. The summed E-state index contributed by atoms with van der Waals surface area (Å²) in [4.78, 5) is 0. The average Bonchev–Trinajstić information content (AvgIpc) is 2.78. The third kappa shape index (κ3) is 2.10. The van der Waals surface area contributed by atoms with E-state index >= 15 is 0 Å². The Kier molecular flexibility index (Phi) is 3.27. The van der Waals surface area contributed by atoms with Crippen molar-refractivity contribution in [3.05, 3.63) is 58.8 Å². The molecule has 0 bridgehead atoms. The first kappa shape index (κ1) is 11.2. The topological polar surface area (TPSA) is 25.2 Å². The molecule has 0 radical (unpaired) electrons. The molecule has 0 spiro atoms. The Morgan fingerprint density at radius 3 is 2.81 bits per heavy atom. The summed E-state index contributed by atoms with van der Waals surface area (Å²) in [6, 6.07) is 7.65. The fourth-order valence-corrected chi connectivity index (χ4v) is 1.87. The van der Waals surface area contributed by atoms with Gasteiger partial charge in [-0.25, -0.2) is 4.39 Å². The highest BCUT2D eigenvalue weighted by atomic mass is 35.5. The number of hydrogen-bond donors (Lipinski definition) is 1. The van der Waals surface area contributed by atoms with Crippen molar-refractivity contribution < 1.29 is 8.81 Å². The van der Waals surface area contributed by atoms with Crippen molar-refractivity contribution in [3.8, 4) is 0 Å². The standard InChI is InChI=1S/C12H11ClFNO/c1-15-12(11-3-2-6-16-11)9-7-8(14)4-5-10(9)13/h2-7,12,15H,1H3. The van der Waals surface area contributed by atoms with Gasteiger partial charge in [-0.15, -0.1) is 0 Å². The van der Waals surface area contributed by atoms with Crippen LogP contribution in [0.4, 0.5) is 4.39 Å². The van der Waals surface area contributed by atoms with E-state index in [1.54, 1.807) is 25.4 Å². The predicted octanol–water partition coefficient (Wildman–Crippen LogP) is 3.38. The average molecular weight is 240 g/mol. The zero-order chi connectivity index (χ0) is 11.5. The van der Waals surface area contributed by atoms with E-state index in [2.05, 4.69) is 5.32 Å². The van der Waals surface area contributed by atoms with Crippen LogP contribution < -0.4 is 5.32 Å². The second-order valence-corrected chi connectivity index (χ2v) is 3.81. The first-order valence-corrected chi connectivity index (χ1v) is 5.26. The summed E-state index contributed by atoms with van der Waals surface area (Å²) < 4.78 is 18.5. The molecule has 1 unspecified atom stereocenters. The molecule has 16 heavy (non-hydrogen) atoms. The maximum absolute atomic E-state index is 13.2. The van der Waals surface area contributed by atoms with E-state index in [1.165, 1.54) is 12.1 Å². The number of rotatable bonds is 3. The van der Waals surface area contributed by atoms with Crippen LogP contribution >= 0.6 is 11.6 Å².